The molecule has 0 atom stereocenters. The zero-order chi connectivity index (χ0) is 27.0. The predicted molar refractivity (Wildman–Crippen MR) is 151 cm³/mol. The molecule has 4 rings (SSSR count). The number of methoxy groups -OCH3 is 2. The van der Waals surface area contributed by atoms with Gasteiger partial charge in [0.25, 0.3) is 0 Å². The van der Waals surface area contributed by atoms with Crippen LogP contribution in [0.5, 0.6) is 17.2 Å². The van der Waals surface area contributed by atoms with Crippen molar-refractivity contribution in [3.05, 3.63) is 144 Å². The van der Waals surface area contributed by atoms with E-state index in [1.54, 1.807) is 20.3 Å². The van der Waals surface area contributed by atoms with Crippen molar-refractivity contribution in [3.63, 3.8) is 0 Å². The zero-order valence-electron chi connectivity index (χ0n) is 21.9. The molecule has 0 unspecified atom stereocenters. The highest BCUT2D eigenvalue weighted by Crippen LogP contribution is 2.42. The number of benzene rings is 4. The monoisotopic (exact) mass is 508 g/mol. The number of hydrogen-bond acceptors (Lipinski definition) is 5. The van der Waals surface area contributed by atoms with E-state index in [0.717, 1.165) is 39.3 Å². The van der Waals surface area contributed by atoms with Crippen LogP contribution < -0.4 is 14.4 Å². The van der Waals surface area contributed by atoms with Crippen molar-refractivity contribution >= 4 is 5.57 Å². The van der Waals surface area contributed by atoms with Crippen molar-refractivity contribution in [3.8, 4) is 17.2 Å². The van der Waals surface area contributed by atoms with Crippen LogP contribution in [0.2, 0.25) is 0 Å². The Balaban J connectivity index is 1.83. The summed E-state index contributed by atoms with van der Waals surface area (Å²) in [7, 11) is 3.30. The Morgan fingerprint density at radius 1 is 0.789 bits per heavy atom. The van der Waals surface area contributed by atoms with Crippen LogP contribution in [-0.4, -0.2) is 19.5 Å². The van der Waals surface area contributed by atoms with Gasteiger partial charge in [-0.1, -0.05) is 85.5 Å². The van der Waals surface area contributed by atoms with E-state index in [-0.39, 0.29) is 6.61 Å². The van der Waals surface area contributed by atoms with E-state index in [2.05, 4.69) is 18.7 Å². The third-order valence-corrected chi connectivity index (χ3v) is 6.49. The average molecular weight is 509 g/mol. The van der Waals surface area contributed by atoms with E-state index >= 15 is 0 Å². The minimum absolute atomic E-state index is 0.236. The molecule has 0 spiro atoms. The van der Waals surface area contributed by atoms with Gasteiger partial charge in [0.1, 0.15) is 17.1 Å². The van der Waals surface area contributed by atoms with Crippen molar-refractivity contribution < 1.29 is 24.4 Å². The summed E-state index contributed by atoms with van der Waals surface area (Å²) in [6, 6.07) is 31.5. The molecule has 0 saturated carbocycles. The van der Waals surface area contributed by atoms with Gasteiger partial charge >= 0.3 is 0 Å². The molecule has 0 saturated heterocycles. The van der Waals surface area contributed by atoms with Gasteiger partial charge < -0.3 is 19.1 Å². The van der Waals surface area contributed by atoms with Gasteiger partial charge in [-0.05, 0) is 65.1 Å². The molecule has 38 heavy (non-hydrogen) atoms. The van der Waals surface area contributed by atoms with Crippen molar-refractivity contribution in [2.24, 2.45) is 0 Å². The molecule has 0 aliphatic carbocycles. The molecule has 0 heterocycles. The van der Waals surface area contributed by atoms with Crippen LogP contribution >= 0.6 is 0 Å². The molecule has 0 amide bonds. The minimum atomic E-state index is -0.951. The van der Waals surface area contributed by atoms with E-state index < -0.39 is 5.60 Å². The van der Waals surface area contributed by atoms with Crippen LogP contribution in [0, 0.1) is 0 Å². The smallest absolute Gasteiger partial charge is 0.173 e. The first-order valence-corrected chi connectivity index (χ1v) is 12.3. The Hall–Kier alpha value is -4.32. The molecular weight excluding hydrogens is 476 g/mol. The Bertz CT molecular complexity index is 1330. The Labute approximate surface area is 224 Å². The summed E-state index contributed by atoms with van der Waals surface area (Å²) in [5, 5.41) is 9.59. The van der Waals surface area contributed by atoms with Crippen LogP contribution in [0.15, 0.2) is 116 Å². The highest BCUT2D eigenvalue weighted by molar-refractivity contribution is 5.76. The maximum atomic E-state index is 9.59. The summed E-state index contributed by atoms with van der Waals surface area (Å²) in [5.41, 5.74) is 4.15. The standard InChI is InChI=1S/C33H32O5/c1-5-9-24(2)31-21-12-25(22-32(31)38-34)23-37-33(26-10-7-6-8-11-26,27-13-17-29(35-3)18-14-27)28-15-19-30(36-4)20-16-28/h5-22,34H,2,23H2,1,3-4H3/b9-5-. The van der Waals surface area contributed by atoms with Gasteiger partial charge in [-0.25, -0.2) is 5.26 Å². The first kappa shape index (κ1) is 26.7. The Morgan fingerprint density at radius 3 is 1.84 bits per heavy atom. The second-order valence-corrected chi connectivity index (χ2v) is 8.74. The van der Waals surface area contributed by atoms with Crippen molar-refractivity contribution in [1.82, 2.24) is 0 Å². The van der Waals surface area contributed by atoms with Crippen molar-refractivity contribution in [1.29, 1.82) is 0 Å². The van der Waals surface area contributed by atoms with E-state index in [4.69, 9.17) is 19.1 Å². The van der Waals surface area contributed by atoms with Crippen LogP contribution in [0.4, 0.5) is 0 Å². The topological polar surface area (TPSA) is 57.2 Å². The summed E-state index contributed by atoms with van der Waals surface area (Å²) in [6.07, 6.45) is 3.75. The molecule has 0 fully saturated rings. The van der Waals surface area contributed by atoms with Gasteiger partial charge in [0.05, 0.1) is 20.8 Å². The van der Waals surface area contributed by atoms with Gasteiger partial charge in [-0.2, -0.15) is 0 Å². The van der Waals surface area contributed by atoms with E-state index in [9.17, 15) is 5.26 Å². The lowest BCUT2D eigenvalue weighted by Crippen LogP contribution is -2.32. The summed E-state index contributed by atoms with van der Waals surface area (Å²) in [4.78, 5) is 4.71. The van der Waals surface area contributed by atoms with Gasteiger partial charge in [-0.15, -0.1) is 0 Å². The Morgan fingerprint density at radius 2 is 1.34 bits per heavy atom. The molecule has 5 heteroatoms. The fraction of sp³-hybridized carbons (Fsp3) is 0.152. The van der Waals surface area contributed by atoms with Gasteiger partial charge in [0, 0.05) is 5.56 Å². The Kier molecular flexibility index (Phi) is 8.64. The third kappa shape index (κ3) is 5.49. The predicted octanol–water partition coefficient (Wildman–Crippen LogP) is 7.65. The SMILES string of the molecule is C=C(/C=C\C)c1ccc(COC(c2ccccc2)(c2ccc(OC)cc2)c2ccc(OC)cc2)cc1OO. The lowest BCUT2D eigenvalue weighted by molar-refractivity contribution is -0.138. The molecule has 4 aromatic carbocycles. The van der Waals surface area contributed by atoms with Crippen LogP contribution in [0.25, 0.3) is 5.57 Å². The van der Waals surface area contributed by atoms with Crippen LogP contribution in [0.1, 0.15) is 34.7 Å². The highest BCUT2D eigenvalue weighted by Gasteiger charge is 2.38. The normalized spacial score (nSPS) is 11.4. The average Bonchev–Trinajstić information content (AvgIpc) is 2.98. The molecule has 0 aromatic heterocycles. The third-order valence-electron chi connectivity index (χ3n) is 6.49. The largest absolute Gasteiger partial charge is 0.497 e. The van der Waals surface area contributed by atoms with E-state index in [0.29, 0.717) is 11.3 Å². The molecule has 4 aromatic rings. The van der Waals surface area contributed by atoms with Gasteiger partial charge in [0.15, 0.2) is 5.75 Å². The zero-order valence-corrected chi connectivity index (χ0v) is 21.9. The maximum absolute atomic E-state index is 9.59. The van der Waals surface area contributed by atoms with Gasteiger partial charge in [0.2, 0.25) is 0 Å². The molecule has 5 nitrogen and oxygen atoms in total. The molecule has 0 aliphatic heterocycles. The highest BCUT2D eigenvalue weighted by atomic mass is 17.1. The van der Waals surface area contributed by atoms with E-state index in [1.165, 1.54) is 0 Å². The molecule has 0 aliphatic rings. The van der Waals surface area contributed by atoms with Crippen molar-refractivity contribution in [2.45, 2.75) is 19.1 Å². The second-order valence-electron chi connectivity index (χ2n) is 8.74. The maximum Gasteiger partial charge on any atom is 0.173 e. The number of hydrogen-bond donors (Lipinski definition) is 1. The number of allylic oxidation sites excluding steroid dienone is 3. The summed E-state index contributed by atoms with van der Waals surface area (Å²) >= 11 is 0. The second kappa shape index (κ2) is 12.3. The molecule has 0 bridgehead atoms. The molecule has 1 N–H and O–H groups in total. The van der Waals surface area contributed by atoms with Crippen LogP contribution in [-0.2, 0) is 16.9 Å². The fourth-order valence-corrected chi connectivity index (χ4v) is 4.55. The summed E-state index contributed by atoms with van der Waals surface area (Å²) < 4.78 is 17.8. The quantitative estimate of drug-likeness (QED) is 0.0976. The first-order valence-electron chi connectivity index (χ1n) is 12.3. The van der Waals surface area contributed by atoms with E-state index in [1.807, 2.05) is 97.9 Å². The van der Waals surface area contributed by atoms with Crippen molar-refractivity contribution in [2.75, 3.05) is 14.2 Å². The summed E-state index contributed by atoms with van der Waals surface area (Å²) in [6.45, 7) is 6.20. The molecule has 0 radical (unpaired) electrons. The molecular formula is C33H32O5. The number of ether oxygens (including phenoxy) is 3. The first-order chi connectivity index (χ1) is 18.5. The summed E-state index contributed by atoms with van der Waals surface area (Å²) in [5.74, 6) is 1.83. The fourth-order valence-electron chi connectivity index (χ4n) is 4.55. The minimum Gasteiger partial charge on any atom is -0.497 e. The lowest BCUT2D eigenvalue weighted by atomic mass is 9.80. The lowest BCUT2D eigenvalue weighted by Gasteiger charge is -2.36. The van der Waals surface area contributed by atoms with Crippen LogP contribution in [0.3, 0.4) is 0 Å². The van der Waals surface area contributed by atoms with Gasteiger partial charge in [-0.3, -0.25) is 0 Å². The molecule has 194 valence electrons. The number of rotatable bonds is 11.